The number of ether oxygens (including phenoxy) is 1. The van der Waals surface area contributed by atoms with Crippen molar-refractivity contribution < 1.29 is 9.53 Å². The van der Waals surface area contributed by atoms with E-state index in [1.54, 1.807) is 6.08 Å². The van der Waals surface area contributed by atoms with Crippen molar-refractivity contribution in [2.75, 3.05) is 0 Å². The number of carbonyl (C=O) groups is 1. The Hall–Kier alpha value is -0.670. The van der Waals surface area contributed by atoms with Gasteiger partial charge in [-0.15, -0.1) is 0 Å². The minimum Gasteiger partial charge on any atom is -0.456 e. The number of nitrogens with one attached hydrogen (secondary N) is 1. The molecule has 1 fully saturated rings. The van der Waals surface area contributed by atoms with Crippen LogP contribution in [0.25, 0.3) is 6.08 Å². The fraction of sp³-hybridized carbons (Fsp3) is 0. The monoisotopic (exact) mass is 547 g/mol. The Morgan fingerprint density at radius 1 is 1.04 bits per heavy atom. The first-order valence-electron chi connectivity index (χ1n) is 6.60. The fourth-order valence-electron chi connectivity index (χ4n) is 1.96. The van der Waals surface area contributed by atoms with Gasteiger partial charge in [0, 0.05) is 14.5 Å². The first kappa shape index (κ1) is 18.1. The molecular formula is C16H8Br3NO2S2. The highest BCUT2D eigenvalue weighted by Gasteiger charge is 2.22. The molecule has 2 aromatic carbocycles. The van der Waals surface area contributed by atoms with Crippen LogP contribution in [0.3, 0.4) is 0 Å². The van der Waals surface area contributed by atoms with Crippen molar-refractivity contribution in [3.8, 4) is 11.5 Å². The van der Waals surface area contributed by atoms with Crippen molar-refractivity contribution in [3.63, 3.8) is 0 Å². The molecule has 122 valence electrons. The van der Waals surface area contributed by atoms with E-state index in [2.05, 4.69) is 53.1 Å². The zero-order valence-electron chi connectivity index (χ0n) is 11.8. The van der Waals surface area contributed by atoms with Gasteiger partial charge in [0.15, 0.2) is 0 Å². The Bertz CT molecular complexity index is 884. The summed E-state index contributed by atoms with van der Waals surface area (Å²) in [5, 5.41) is 2.61. The van der Waals surface area contributed by atoms with Crippen molar-refractivity contribution in [3.05, 3.63) is 60.3 Å². The van der Waals surface area contributed by atoms with Crippen LogP contribution in [0, 0.1) is 0 Å². The number of hydrogen-bond acceptors (Lipinski definition) is 4. The van der Waals surface area contributed by atoms with Crippen molar-refractivity contribution in [1.29, 1.82) is 0 Å². The maximum absolute atomic E-state index is 11.9. The first-order valence-corrected chi connectivity index (χ1v) is 10.2. The summed E-state index contributed by atoms with van der Waals surface area (Å²) < 4.78 is 9.14. The van der Waals surface area contributed by atoms with Crippen LogP contribution in [-0.4, -0.2) is 10.2 Å². The van der Waals surface area contributed by atoms with Gasteiger partial charge in [-0.1, -0.05) is 55.8 Å². The summed E-state index contributed by atoms with van der Waals surface area (Å²) in [4.78, 5) is 12.4. The van der Waals surface area contributed by atoms with Crippen LogP contribution in [0.1, 0.15) is 5.56 Å². The Balaban J connectivity index is 1.98. The summed E-state index contributed by atoms with van der Waals surface area (Å²) in [5.74, 6) is 1.12. The average Bonchev–Trinajstić information content (AvgIpc) is 2.82. The predicted molar refractivity (Wildman–Crippen MR) is 112 cm³/mol. The molecule has 0 radical (unpaired) electrons. The van der Waals surface area contributed by atoms with E-state index in [4.69, 9.17) is 17.0 Å². The van der Waals surface area contributed by atoms with Gasteiger partial charge in [0.1, 0.15) is 15.8 Å². The Morgan fingerprint density at radius 3 is 2.33 bits per heavy atom. The molecule has 1 aliphatic heterocycles. The summed E-state index contributed by atoms with van der Waals surface area (Å²) in [6.07, 6.45) is 1.77. The molecule has 0 unspecified atom stereocenters. The predicted octanol–water partition coefficient (Wildman–Crippen LogP) is 6.26. The van der Waals surface area contributed by atoms with Crippen LogP contribution in [0.4, 0.5) is 0 Å². The molecule has 8 heteroatoms. The maximum Gasteiger partial charge on any atom is 0.263 e. The molecule has 0 aromatic heterocycles. The van der Waals surface area contributed by atoms with E-state index in [0.29, 0.717) is 20.7 Å². The number of thiocarbonyl (C=S) groups is 1. The van der Waals surface area contributed by atoms with Crippen LogP contribution in [0.2, 0.25) is 0 Å². The van der Waals surface area contributed by atoms with Gasteiger partial charge in [0.05, 0.1) is 9.38 Å². The van der Waals surface area contributed by atoms with Gasteiger partial charge in [0.25, 0.3) is 5.91 Å². The third-order valence-corrected chi connectivity index (χ3v) is 5.78. The number of rotatable bonds is 3. The highest BCUT2D eigenvalue weighted by molar-refractivity contribution is 9.11. The molecule has 3 rings (SSSR count). The zero-order valence-corrected chi connectivity index (χ0v) is 18.2. The van der Waals surface area contributed by atoms with Crippen molar-refractivity contribution in [1.82, 2.24) is 5.32 Å². The molecule has 0 spiro atoms. The second kappa shape index (κ2) is 7.70. The van der Waals surface area contributed by atoms with Crippen molar-refractivity contribution in [2.45, 2.75) is 0 Å². The lowest BCUT2D eigenvalue weighted by Gasteiger charge is -2.11. The molecule has 0 atom stereocenters. The van der Waals surface area contributed by atoms with Gasteiger partial charge in [-0.25, -0.2) is 0 Å². The highest BCUT2D eigenvalue weighted by atomic mass is 79.9. The Labute approximate surface area is 173 Å². The minimum absolute atomic E-state index is 0.194. The second-order valence-corrected chi connectivity index (χ2v) is 9.12. The minimum atomic E-state index is -0.194. The van der Waals surface area contributed by atoms with E-state index in [1.807, 2.05) is 36.4 Å². The lowest BCUT2D eigenvalue weighted by atomic mass is 10.2. The molecule has 0 bridgehead atoms. The normalized spacial score (nSPS) is 15.7. The average molecular weight is 550 g/mol. The van der Waals surface area contributed by atoms with E-state index in [1.165, 1.54) is 11.8 Å². The molecular weight excluding hydrogens is 542 g/mol. The van der Waals surface area contributed by atoms with Crippen LogP contribution < -0.4 is 10.1 Å². The van der Waals surface area contributed by atoms with E-state index in [0.717, 1.165) is 19.0 Å². The summed E-state index contributed by atoms with van der Waals surface area (Å²) in [6.45, 7) is 0. The van der Waals surface area contributed by atoms with Gasteiger partial charge in [-0.2, -0.15) is 0 Å². The number of thioether (sulfide) groups is 1. The third-order valence-electron chi connectivity index (χ3n) is 3.01. The zero-order chi connectivity index (χ0) is 17.3. The van der Waals surface area contributed by atoms with Gasteiger partial charge >= 0.3 is 0 Å². The molecule has 0 saturated carbocycles. The summed E-state index contributed by atoms with van der Waals surface area (Å²) in [6, 6.07) is 11.3. The second-order valence-electron chi connectivity index (χ2n) is 4.71. The molecule has 1 N–H and O–H groups in total. The number of halogens is 3. The molecule has 2 aromatic rings. The fourth-order valence-corrected chi connectivity index (χ4v) is 4.51. The highest BCUT2D eigenvalue weighted by Crippen LogP contribution is 2.36. The van der Waals surface area contributed by atoms with Gasteiger partial charge in [-0.05, 0) is 58.4 Å². The Morgan fingerprint density at radius 2 is 1.71 bits per heavy atom. The topological polar surface area (TPSA) is 38.3 Å². The number of benzene rings is 2. The quantitative estimate of drug-likeness (QED) is 0.362. The SMILES string of the molecule is O=C1NC(=S)S/C1=C\c1cc(Br)ccc1Oc1ccc(Br)cc1Br. The molecule has 1 aliphatic rings. The maximum atomic E-state index is 11.9. The number of carbonyl (C=O) groups excluding carboxylic acids is 1. The molecule has 1 amide bonds. The van der Waals surface area contributed by atoms with Gasteiger partial charge in [-0.3, -0.25) is 4.79 Å². The van der Waals surface area contributed by atoms with Crippen LogP contribution >= 0.6 is 71.8 Å². The molecule has 1 saturated heterocycles. The smallest absolute Gasteiger partial charge is 0.263 e. The first-order chi connectivity index (χ1) is 11.4. The molecule has 3 nitrogen and oxygen atoms in total. The summed E-state index contributed by atoms with van der Waals surface area (Å²) >= 11 is 16.6. The van der Waals surface area contributed by atoms with Crippen molar-refractivity contribution >= 4 is 88.1 Å². The molecule has 24 heavy (non-hydrogen) atoms. The van der Waals surface area contributed by atoms with E-state index < -0.39 is 0 Å². The van der Waals surface area contributed by atoms with Gasteiger partial charge in [0.2, 0.25) is 0 Å². The van der Waals surface area contributed by atoms with Crippen LogP contribution in [0.15, 0.2) is 54.7 Å². The summed E-state index contributed by atoms with van der Waals surface area (Å²) in [7, 11) is 0. The molecule has 1 heterocycles. The van der Waals surface area contributed by atoms with Crippen molar-refractivity contribution in [2.24, 2.45) is 0 Å². The van der Waals surface area contributed by atoms with Crippen LogP contribution in [-0.2, 0) is 4.79 Å². The Kier molecular flexibility index (Phi) is 5.82. The number of amides is 1. The lowest BCUT2D eigenvalue weighted by molar-refractivity contribution is -0.115. The van der Waals surface area contributed by atoms with E-state index in [9.17, 15) is 4.79 Å². The van der Waals surface area contributed by atoms with E-state index in [-0.39, 0.29) is 5.91 Å². The largest absolute Gasteiger partial charge is 0.456 e. The van der Waals surface area contributed by atoms with Crippen LogP contribution in [0.5, 0.6) is 11.5 Å². The lowest BCUT2D eigenvalue weighted by Crippen LogP contribution is -2.17. The number of hydrogen-bond donors (Lipinski definition) is 1. The molecule has 0 aliphatic carbocycles. The van der Waals surface area contributed by atoms with E-state index >= 15 is 0 Å². The third kappa shape index (κ3) is 4.29. The standard InChI is InChI=1S/C16H8Br3NO2S2/c17-9-1-3-12(22-13-4-2-10(18)7-11(13)19)8(5-9)6-14-15(21)20-16(23)24-14/h1-7H,(H,20,21,23)/b14-6-. The summed E-state index contributed by atoms with van der Waals surface area (Å²) in [5.41, 5.74) is 0.779. The van der Waals surface area contributed by atoms with Gasteiger partial charge < -0.3 is 10.1 Å².